The first-order valence-corrected chi connectivity index (χ1v) is 11.1. The number of fused-ring (bicyclic) bond motifs is 1. The van der Waals surface area contributed by atoms with Crippen LogP contribution in [0.5, 0.6) is 23.0 Å². The number of carbonyl (C=O) groups excluding carboxylic acids is 1. The number of hydrogen-bond donors (Lipinski definition) is 1. The molecule has 2 aromatic carbocycles. The number of aromatic nitrogens is 3. The third-order valence-corrected chi connectivity index (χ3v) is 5.70. The van der Waals surface area contributed by atoms with Gasteiger partial charge in [-0.15, -0.1) is 0 Å². The number of ether oxygens (including phenoxy) is 4. The van der Waals surface area contributed by atoms with E-state index in [1.54, 1.807) is 38.2 Å². The number of benzene rings is 2. The predicted octanol–water partition coefficient (Wildman–Crippen LogP) is 4.06. The molecule has 2 aromatic heterocycles. The normalized spacial score (nSPS) is 10.8. The summed E-state index contributed by atoms with van der Waals surface area (Å²) in [5.41, 5.74) is 4.18. The van der Waals surface area contributed by atoms with Crippen LogP contribution in [0.3, 0.4) is 0 Å². The summed E-state index contributed by atoms with van der Waals surface area (Å²) < 4.78 is 23.7. The molecule has 0 aliphatic heterocycles. The summed E-state index contributed by atoms with van der Waals surface area (Å²) in [6, 6.07) is 11.3. The SMILES string of the molecule is CCOc1ccccc1CNC(=O)c1cnc2c(-c3cc(OC)c(OC)c(OC)c3)cnn2c1C. The predicted molar refractivity (Wildman–Crippen MR) is 132 cm³/mol. The van der Waals surface area contributed by atoms with Crippen LogP contribution in [-0.2, 0) is 6.54 Å². The van der Waals surface area contributed by atoms with Gasteiger partial charge in [0.15, 0.2) is 17.1 Å². The van der Waals surface area contributed by atoms with Crippen LogP contribution in [-0.4, -0.2) is 48.4 Å². The van der Waals surface area contributed by atoms with Gasteiger partial charge in [-0.3, -0.25) is 4.79 Å². The summed E-state index contributed by atoms with van der Waals surface area (Å²) >= 11 is 0. The van der Waals surface area contributed by atoms with E-state index in [0.717, 1.165) is 22.4 Å². The Morgan fingerprint density at radius 2 is 1.71 bits per heavy atom. The van der Waals surface area contributed by atoms with E-state index in [1.165, 1.54) is 0 Å². The molecule has 4 rings (SSSR count). The number of aryl methyl sites for hydroxylation is 1. The third-order valence-electron chi connectivity index (χ3n) is 5.70. The number of hydrogen-bond acceptors (Lipinski definition) is 7. The van der Waals surface area contributed by atoms with Crippen molar-refractivity contribution < 1.29 is 23.7 Å². The van der Waals surface area contributed by atoms with Crippen molar-refractivity contribution in [3.63, 3.8) is 0 Å². The molecule has 4 aromatic rings. The lowest BCUT2D eigenvalue weighted by atomic mass is 10.1. The van der Waals surface area contributed by atoms with Gasteiger partial charge in [0.25, 0.3) is 5.91 Å². The zero-order valence-electron chi connectivity index (χ0n) is 20.4. The molecule has 0 fully saturated rings. The summed E-state index contributed by atoms with van der Waals surface area (Å²) in [7, 11) is 4.69. The topological polar surface area (TPSA) is 96.2 Å². The molecular formula is C26H28N4O5. The highest BCUT2D eigenvalue weighted by molar-refractivity contribution is 5.95. The summed E-state index contributed by atoms with van der Waals surface area (Å²) in [4.78, 5) is 17.5. The van der Waals surface area contributed by atoms with E-state index in [0.29, 0.717) is 47.3 Å². The third kappa shape index (κ3) is 4.57. The molecule has 0 spiro atoms. The maximum absolute atomic E-state index is 13.0. The molecule has 0 bridgehead atoms. The Morgan fingerprint density at radius 1 is 1.00 bits per heavy atom. The van der Waals surface area contributed by atoms with E-state index >= 15 is 0 Å². The Balaban J connectivity index is 1.64. The first-order valence-electron chi connectivity index (χ1n) is 11.1. The van der Waals surface area contributed by atoms with Gasteiger partial charge in [0, 0.05) is 23.9 Å². The van der Waals surface area contributed by atoms with Crippen molar-refractivity contribution in [3.8, 4) is 34.1 Å². The summed E-state index contributed by atoms with van der Waals surface area (Å²) in [6.07, 6.45) is 3.27. The fraction of sp³-hybridized carbons (Fsp3) is 0.269. The van der Waals surface area contributed by atoms with E-state index < -0.39 is 0 Å². The molecule has 2 heterocycles. The summed E-state index contributed by atoms with van der Waals surface area (Å²) in [5.74, 6) is 2.07. The second kappa shape index (κ2) is 10.3. The summed E-state index contributed by atoms with van der Waals surface area (Å²) in [5, 5.41) is 7.44. The smallest absolute Gasteiger partial charge is 0.254 e. The fourth-order valence-electron chi connectivity index (χ4n) is 3.92. The van der Waals surface area contributed by atoms with Gasteiger partial charge in [-0.1, -0.05) is 18.2 Å². The van der Waals surface area contributed by atoms with Gasteiger partial charge >= 0.3 is 0 Å². The van der Waals surface area contributed by atoms with Crippen LogP contribution in [0.4, 0.5) is 0 Å². The van der Waals surface area contributed by atoms with Crippen molar-refractivity contribution in [3.05, 3.63) is 65.6 Å². The van der Waals surface area contributed by atoms with E-state index in [2.05, 4.69) is 15.4 Å². The van der Waals surface area contributed by atoms with Crippen molar-refractivity contribution in [1.82, 2.24) is 19.9 Å². The lowest BCUT2D eigenvalue weighted by Crippen LogP contribution is -2.25. The molecule has 0 saturated carbocycles. The highest BCUT2D eigenvalue weighted by Crippen LogP contribution is 2.41. The van der Waals surface area contributed by atoms with E-state index in [-0.39, 0.29) is 5.91 Å². The van der Waals surface area contributed by atoms with E-state index in [1.807, 2.05) is 50.2 Å². The molecule has 182 valence electrons. The molecule has 0 saturated heterocycles. The molecule has 1 N–H and O–H groups in total. The van der Waals surface area contributed by atoms with Crippen LogP contribution in [0.15, 0.2) is 48.8 Å². The van der Waals surface area contributed by atoms with Gasteiger partial charge < -0.3 is 24.3 Å². The van der Waals surface area contributed by atoms with Crippen LogP contribution in [0.2, 0.25) is 0 Å². The lowest BCUT2D eigenvalue weighted by Gasteiger charge is -2.14. The molecule has 0 aliphatic carbocycles. The molecule has 35 heavy (non-hydrogen) atoms. The number of rotatable bonds is 9. The van der Waals surface area contributed by atoms with Crippen LogP contribution in [0.1, 0.15) is 28.5 Å². The zero-order valence-corrected chi connectivity index (χ0v) is 20.4. The molecule has 9 nitrogen and oxygen atoms in total. The number of para-hydroxylation sites is 1. The Hall–Kier alpha value is -4.27. The fourth-order valence-corrected chi connectivity index (χ4v) is 3.92. The highest BCUT2D eigenvalue weighted by atomic mass is 16.5. The highest BCUT2D eigenvalue weighted by Gasteiger charge is 2.20. The number of nitrogens with zero attached hydrogens (tertiary/aromatic N) is 3. The molecule has 1 amide bonds. The van der Waals surface area contributed by atoms with Crippen LogP contribution < -0.4 is 24.3 Å². The molecule has 0 radical (unpaired) electrons. The molecule has 0 aliphatic rings. The minimum atomic E-state index is -0.243. The first-order chi connectivity index (χ1) is 17.0. The number of carbonyl (C=O) groups is 1. The lowest BCUT2D eigenvalue weighted by molar-refractivity contribution is 0.0949. The Kier molecular flexibility index (Phi) is 7.05. The Bertz CT molecular complexity index is 1340. The van der Waals surface area contributed by atoms with Crippen LogP contribution in [0.25, 0.3) is 16.8 Å². The van der Waals surface area contributed by atoms with Gasteiger partial charge in [-0.2, -0.15) is 5.10 Å². The zero-order chi connectivity index (χ0) is 24.9. The van der Waals surface area contributed by atoms with Gasteiger partial charge in [-0.05, 0) is 37.6 Å². The second-order valence-electron chi connectivity index (χ2n) is 7.69. The van der Waals surface area contributed by atoms with E-state index in [9.17, 15) is 4.79 Å². The monoisotopic (exact) mass is 476 g/mol. The molecular weight excluding hydrogens is 448 g/mol. The van der Waals surface area contributed by atoms with Gasteiger partial charge in [0.1, 0.15) is 5.75 Å². The average Bonchev–Trinajstić information content (AvgIpc) is 3.32. The van der Waals surface area contributed by atoms with Crippen molar-refractivity contribution in [2.75, 3.05) is 27.9 Å². The average molecular weight is 477 g/mol. The van der Waals surface area contributed by atoms with Crippen LogP contribution in [0, 0.1) is 6.92 Å². The molecule has 0 atom stereocenters. The van der Waals surface area contributed by atoms with Gasteiger partial charge in [-0.25, -0.2) is 9.50 Å². The minimum Gasteiger partial charge on any atom is -0.494 e. The maximum Gasteiger partial charge on any atom is 0.254 e. The van der Waals surface area contributed by atoms with Gasteiger partial charge in [0.05, 0.1) is 45.4 Å². The Labute approximate surface area is 203 Å². The van der Waals surface area contributed by atoms with Crippen molar-refractivity contribution >= 4 is 11.6 Å². The van der Waals surface area contributed by atoms with Gasteiger partial charge in [0.2, 0.25) is 5.75 Å². The number of methoxy groups -OCH3 is 3. The first kappa shape index (κ1) is 23.9. The number of amides is 1. The van der Waals surface area contributed by atoms with Crippen molar-refractivity contribution in [1.29, 1.82) is 0 Å². The van der Waals surface area contributed by atoms with E-state index in [4.69, 9.17) is 18.9 Å². The maximum atomic E-state index is 13.0. The van der Waals surface area contributed by atoms with Crippen LogP contribution >= 0.6 is 0 Å². The summed E-state index contributed by atoms with van der Waals surface area (Å²) in [6.45, 7) is 4.65. The quantitative estimate of drug-likeness (QED) is 0.389. The molecule has 0 unspecified atom stereocenters. The minimum absolute atomic E-state index is 0.243. The molecule has 9 heteroatoms. The largest absolute Gasteiger partial charge is 0.494 e. The van der Waals surface area contributed by atoms with Crippen molar-refractivity contribution in [2.24, 2.45) is 0 Å². The second-order valence-corrected chi connectivity index (χ2v) is 7.69. The Morgan fingerprint density at radius 3 is 2.37 bits per heavy atom. The number of nitrogens with one attached hydrogen (secondary N) is 1. The standard InChI is InChI=1S/C26H28N4O5/c1-6-35-21-10-8-7-9-17(21)13-28-26(31)19-14-27-25-20(15-29-30(25)16(19)2)18-11-22(32-3)24(34-5)23(12-18)33-4/h7-12,14-15H,6,13H2,1-5H3,(H,28,31). The van der Waals surface area contributed by atoms with Crippen molar-refractivity contribution in [2.45, 2.75) is 20.4 Å².